The molecule has 0 saturated carbocycles. The normalized spacial score (nSPS) is 13.4. The van der Waals surface area contributed by atoms with Crippen molar-refractivity contribution in [3.63, 3.8) is 0 Å². The number of sulfone groups is 1. The van der Waals surface area contributed by atoms with E-state index >= 15 is 0 Å². The molecule has 1 aliphatic rings. The average Bonchev–Trinajstić information content (AvgIpc) is 3.19. The van der Waals surface area contributed by atoms with Gasteiger partial charge < -0.3 is 5.32 Å². The van der Waals surface area contributed by atoms with Crippen molar-refractivity contribution in [2.24, 2.45) is 0 Å². The Morgan fingerprint density at radius 1 is 1.03 bits per heavy atom. The summed E-state index contributed by atoms with van der Waals surface area (Å²) in [5.41, 5.74) is 2.06. The summed E-state index contributed by atoms with van der Waals surface area (Å²) in [4.78, 5) is 26.8. The highest BCUT2D eigenvalue weighted by atomic mass is 35.5. The first kappa shape index (κ1) is 24.1. The number of benzene rings is 2. The smallest absolute Gasteiger partial charge is 0.266 e. The Kier molecular flexibility index (Phi) is 6.56. The van der Waals surface area contributed by atoms with Gasteiger partial charge in [-0.25, -0.2) is 13.3 Å². The zero-order valence-corrected chi connectivity index (χ0v) is 21.4. The molecule has 33 heavy (non-hydrogen) atoms. The van der Waals surface area contributed by atoms with Gasteiger partial charge in [0.2, 0.25) is 0 Å². The van der Waals surface area contributed by atoms with E-state index in [2.05, 4.69) is 5.32 Å². The molecule has 0 unspecified atom stereocenters. The van der Waals surface area contributed by atoms with Gasteiger partial charge >= 0.3 is 0 Å². The van der Waals surface area contributed by atoms with Crippen molar-refractivity contribution in [1.29, 1.82) is 0 Å². The number of hydrogen-bond acceptors (Lipinski definition) is 6. The summed E-state index contributed by atoms with van der Waals surface area (Å²) >= 11 is 23.8. The fourth-order valence-electron chi connectivity index (χ4n) is 3.34. The second-order valence-electron chi connectivity index (χ2n) is 7.13. The van der Waals surface area contributed by atoms with Crippen LogP contribution in [0.1, 0.15) is 26.3 Å². The number of thiophene rings is 1. The number of thiocarbonyl (C=S) groups is 1. The molecule has 12 heteroatoms. The van der Waals surface area contributed by atoms with Gasteiger partial charge in [-0.15, -0.1) is 11.3 Å². The third-order valence-corrected chi connectivity index (χ3v) is 9.56. The van der Waals surface area contributed by atoms with E-state index in [0.717, 1.165) is 16.2 Å². The summed E-state index contributed by atoms with van der Waals surface area (Å²) in [6.07, 6.45) is 0. The Morgan fingerprint density at radius 3 is 2.36 bits per heavy atom. The molecule has 1 aromatic heterocycles. The molecule has 0 saturated heterocycles. The number of imide groups is 1. The molecule has 170 valence electrons. The molecule has 6 nitrogen and oxygen atoms in total. The number of carbonyl (C=O) groups excluding carboxylic acids is 2. The van der Waals surface area contributed by atoms with Crippen LogP contribution in [0, 0.1) is 6.92 Å². The second kappa shape index (κ2) is 8.98. The first-order valence-electron chi connectivity index (χ1n) is 9.24. The molecule has 4 rings (SSSR count). The van der Waals surface area contributed by atoms with Gasteiger partial charge in [-0.3, -0.25) is 9.59 Å². The lowest BCUT2D eigenvalue weighted by Gasteiger charge is -2.18. The molecular weight excluding hydrogens is 547 g/mol. The molecule has 1 N–H and O–H groups in total. The molecule has 0 aliphatic carbocycles. The van der Waals surface area contributed by atoms with Gasteiger partial charge in [-0.05, 0) is 55.0 Å². The van der Waals surface area contributed by atoms with Crippen LogP contribution in [-0.2, 0) is 9.84 Å². The number of rotatable bonds is 5. The Hall–Kier alpha value is -2.01. The minimum atomic E-state index is -3.72. The van der Waals surface area contributed by atoms with Crippen LogP contribution in [0.5, 0.6) is 0 Å². The highest BCUT2D eigenvalue weighted by Gasteiger charge is 2.37. The van der Waals surface area contributed by atoms with Gasteiger partial charge in [0, 0.05) is 10.7 Å². The number of fused-ring (bicyclic) bond motifs is 1. The number of nitrogens with zero attached hydrogens (tertiary/aromatic N) is 1. The van der Waals surface area contributed by atoms with E-state index in [0.29, 0.717) is 22.0 Å². The van der Waals surface area contributed by atoms with Crippen molar-refractivity contribution in [1.82, 2.24) is 0 Å². The monoisotopic (exact) mass is 558 g/mol. The van der Waals surface area contributed by atoms with Crippen LogP contribution in [0.3, 0.4) is 0 Å². The largest absolute Gasteiger partial charge is 0.349 e. The van der Waals surface area contributed by atoms with Gasteiger partial charge in [0.25, 0.3) is 11.8 Å². The zero-order valence-electron chi connectivity index (χ0n) is 16.7. The molecular formula is C21H13Cl3N2O4S3. The number of amides is 2. The average molecular weight is 560 g/mol. The molecule has 0 atom stereocenters. The Labute approximate surface area is 214 Å². The first-order chi connectivity index (χ1) is 15.5. The minimum absolute atomic E-state index is 0.0268. The minimum Gasteiger partial charge on any atom is -0.349 e. The molecule has 0 spiro atoms. The van der Waals surface area contributed by atoms with Crippen LogP contribution < -0.4 is 10.2 Å². The van der Waals surface area contributed by atoms with Crippen molar-refractivity contribution in [2.45, 2.75) is 11.1 Å². The van der Waals surface area contributed by atoms with Gasteiger partial charge in [-0.2, -0.15) is 0 Å². The maximum atomic E-state index is 12.8. The van der Waals surface area contributed by atoms with Crippen molar-refractivity contribution in [3.05, 3.63) is 73.5 Å². The number of anilines is 2. The summed E-state index contributed by atoms with van der Waals surface area (Å²) in [6.45, 7) is 1.73. The fraction of sp³-hybridized carbons (Fsp3) is 0.0952. The number of nitrogens with one attached hydrogen (secondary N) is 1. The van der Waals surface area contributed by atoms with E-state index in [4.69, 9.17) is 47.0 Å². The zero-order chi connectivity index (χ0) is 24.1. The van der Waals surface area contributed by atoms with Crippen LogP contribution in [-0.4, -0.2) is 31.0 Å². The summed E-state index contributed by atoms with van der Waals surface area (Å²) in [5, 5.41) is 3.41. The Balaban J connectivity index is 1.52. The highest BCUT2D eigenvalue weighted by molar-refractivity contribution is 7.95. The SMILES string of the molecule is Cc1cc(NC(=S)CS(=O)(=O)c2cc(Cl)c(Cl)s2)ccc1N1C(=O)c2ccc(Cl)cc2C1=O. The second-order valence-corrected chi connectivity index (χ2v) is 12.3. The molecule has 3 aromatic rings. The van der Waals surface area contributed by atoms with E-state index < -0.39 is 27.4 Å². The first-order valence-corrected chi connectivity index (χ1v) is 13.3. The van der Waals surface area contributed by atoms with Crippen molar-refractivity contribution >= 4 is 96.4 Å². The van der Waals surface area contributed by atoms with Crippen molar-refractivity contribution in [2.75, 3.05) is 16.0 Å². The molecule has 0 bridgehead atoms. The summed E-state index contributed by atoms with van der Waals surface area (Å²) in [7, 11) is -3.72. The lowest BCUT2D eigenvalue weighted by atomic mass is 10.1. The molecule has 2 aromatic carbocycles. The van der Waals surface area contributed by atoms with E-state index in [-0.39, 0.29) is 29.7 Å². The van der Waals surface area contributed by atoms with Crippen LogP contribution in [0.2, 0.25) is 14.4 Å². The van der Waals surface area contributed by atoms with E-state index in [1.165, 1.54) is 18.2 Å². The third kappa shape index (κ3) is 4.66. The van der Waals surface area contributed by atoms with Gasteiger partial charge in [0.15, 0.2) is 9.84 Å². The van der Waals surface area contributed by atoms with Crippen LogP contribution in [0.25, 0.3) is 0 Å². The predicted octanol–water partition coefficient (Wildman–Crippen LogP) is 6.03. The molecule has 1 aliphatic heterocycles. The van der Waals surface area contributed by atoms with Crippen LogP contribution >= 0.6 is 58.4 Å². The molecule has 2 heterocycles. The number of halogens is 3. The van der Waals surface area contributed by atoms with Gasteiger partial charge in [0.1, 0.15) is 14.3 Å². The number of carbonyl (C=O) groups is 2. The lowest BCUT2D eigenvalue weighted by molar-refractivity contribution is 0.0926. The van der Waals surface area contributed by atoms with Gasteiger partial charge in [0.05, 0.1) is 26.8 Å². The topological polar surface area (TPSA) is 83.6 Å². The maximum absolute atomic E-state index is 12.8. The fourth-order valence-corrected chi connectivity index (χ4v) is 7.19. The summed E-state index contributed by atoms with van der Waals surface area (Å²) in [6, 6.07) is 10.7. The van der Waals surface area contributed by atoms with Gasteiger partial charge in [-0.1, -0.05) is 47.0 Å². The number of aryl methyl sites for hydroxylation is 1. The van der Waals surface area contributed by atoms with E-state index in [1.807, 2.05) is 0 Å². The van der Waals surface area contributed by atoms with E-state index in [1.54, 1.807) is 31.2 Å². The maximum Gasteiger partial charge on any atom is 0.266 e. The predicted molar refractivity (Wildman–Crippen MR) is 136 cm³/mol. The third-order valence-electron chi connectivity index (χ3n) is 4.82. The highest BCUT2D eigenvalue weighted by Crippen LogP contribution is 2.35. The van der Waals surface area contributed by atoms with E-state index in [9.17, 15) is 18.0 Å². The summed E-state index contributed by atoms with van der Waals surface area (Å²) < 4.78 is 25.4. The van der Waals surface area contributed by atoms with Crippen molar-refractivity contribution in [3.8, 4) is 0 Å². The Bertz CT molecular complexity index is 1430. The lowest BCUT2D eigenvalue weighted by Crippen LogP contribution is -2.30. The molecule has 0 radical (unpaired) electrons. The molecule has 2 amide bonds. The van der Waals surface area contributed by atoms with Crippen LogP contribution in [0.4, 0.5) is 11.4 Å². The Morgan fingerprint density at radius 2 is 1.73 bits per heavy atom. The summed E-state index contributed by atoms with van der Waals surface area (Å²) in [5.74, 6) is -1.34. The quantitative estimate of drug-likeness (QED) is 0.304. The molecule has 0 fully saturated rings. The van der Waals surface area contributed by atoms with Crippen molar-refractivity contribution < 1.29 is 18.0 Å². The standard InChI is InChI=1S/C21H13Cl3N2O4S3/c1-10-6-12(25-17(31)9-33(29,30)18-8-15(23)19(24)32-18)3-5-16(10)26-20(27)13-4-2-11(22)7-14(13)21(26)28/h2-8H,9H2,1H3,(H,25,31). The number of hydrogen-bond donors (Lipinski definition) is 1. The van der Waals surface area contributed by atoms with Crippen LogP contribution in [0.15, 0.2) is 46.7 Å².